The predicted octanol–water partition coefficient (Wildman–Crippen LogP) is 4.50. The van der Waals surface area contributed by atoms with Crippen molar-refractivity contribution in [3.63, 3.8) is 0 Å². The van der Waals surface area contributed by atoms with Crippen LogP contribution in [0.2, 0.25) is 5.02 Å². The van der Waals surface area contributed by atoms with Crippen LogP contribution in [-0.2, 0) is 4.79 Å². The standard InChI is InChI=1S/C24H24ClN5O2/c1-30(2)29-18-11-7-15(8-12-18)21-19-5-3-4-6-20(19)27-23(31)22(21)28-24(32)26-17-13-9-16(25)10-14-17/h3-14,21-22,29H,1-2H3,(H,27,31)(H2,26,28,32). The summed E-state index contributed by atoms with van der Waals surface area (Å²) in [5.41, 5.74) is 7.32. The maximum absolute atomic E-state index is 13.0. The Morgan fingerprint density at radius 3 is 2.28 bits per heavy atom. The van der Waals surface area contributed by atoms with E-state index in [1.54, 1.807) is 24.3 Å². The molecule has 164 valence electrons. The molecule has 7 nitrogen and oxygen atoms in total. The Morgan fingerprint density at radius 1 is 0.938 bits per heavy atom. The van der Waals surface area contributed by atoms with Crippen molar-refractivity contribution in [2.24, 2.45) is 0 Å². The van der Waals surface area contributed by atoms with Gasteiger partial charge >= 0.3 is 6.03 Å². The Labute approximate surface area is 191 Å². The predicted molar refractivity (Wildman–Crippen MR) is 128 cm³/mol. The van der Waals surface area contributed by atoms with Gasteiger partial charge in [0.1, 0.15) is 6.04 Å². The number of nitrogens with zero attached hydrogens (tertiary/aromatic N) is 1. The van der Waals surface area contributed by atoms with Crippen molar-refractivity contribution < 1.29 is 9.59 Å². The number of hydrogen-bond acceptors (Lipinski definition) is 4. The van der Waals surface area contributed by atoms with Crippen LogP contribution in [0.3, 0.4) is 0 Å². The lowest BCUT2D eigenvalue weighted by Gasteiger charge is -2.34. The maximum atomic E-state index is 13.0. The second kappa shape index (κ2) is 9.30. The summed E-state index contributed by atoms with van der Waals surface area (Å²) in [6, 6.07) is 21.0. The molecule has 0 aliphatic carbocycles. The number of para-hydroxylation sites is 1. The van der Waals surface area contributed by atoms with E-state index in [1.165, 1.54) is 0 Å². The summed E-state index contributed by atoms with van der Waals surface area (Å²) >= 11 is 5.91. The van der Waals surface area contributed by atoms with Gasteiger partial charge in [-0.05, 0) is 53.6 Å². The number of benzene rings is 3. The quantitative estimate of drug-likeness (QED) is 0.432. The summed E-state index contributed by atoms with van der Waals surface area (Å²) < 4.78 is 0. The molecule has 3 amide bonds. The summed E-state index contributed by atoms with van der Waals surface area (Å²) in [5.74, 6) is -0.611. The molecule has 1 aliphatic rings. The third kappa shape index (κ3) is 4.85. The molecule has 0 radical (unpaired) electrons. The Morgan fingerprint density at radius 2 is 1.59 bits per heavy atom. The summed E-state index contributed by atoms with van der Waals surface area (Å²) in [6.07, 6.45) is 0. The molecule has 32 heavy (non-hydrogen) atoms. The first-order valence-electron chi connectivity index (χ1n) is 10.2. The molecule has 2 atom stereocenters. The van der Waals surface area contributed by atoms with Crippen molar-refractivity contribution in [1.82, 2.24) is 10.3 Å². The number of amides is 3. The molecule has 0 aromatic heterocycles. The molecule has 0 fully saturated rings. The number of anilines is 3. The van der Waals surface area contributed by atoms with Crippen molar-refractivity contribution in [3.8, 4) is 0 Å². The molecule has 4 N–H and O–H groups in total. The molecule has 4 rings (SSSR count). The Balaban J connectivity index is 1.62. The average molecular weight is 450 g/mol. The van der Waals surface area contributed by atoms with Crippen molar-refractivity contribution in [1.29, 1.82) is 0 Å². The monoisotopic (exact) mass is 449 g/mol. The molecule has 0 spiro atoms. The minimum atomic E-state index is -0.787. The third-order valence-electron chi connectivity index (χ3n) is 5.18. The fraction of sp³-hybridized carbons (Fsp3) is 0.167. The van der Waals surface area contributed by atoms with Crippen LogP contribution < -0.4 is 21.4 Å². The summed E-state index contributed by atoms with van der Waals surface area (Å²) in [5, 5.41) is 10.9. The second-order valence-corrected chi connectivity index (χ2v) is 8.20. The fourth-order valence-corrected chi connectivity index (χ4v) is 3.94. The highest BCUT2D eigenvalue weighted by atomic mass is 35.5. The van der Waals surface area contributed by atoms with E-state index in [2.05, 4.69) is 21.4 Å². The highest BCUT2D eigenvalue weighted by molar-refractivity contribution is 6.30. The topological polar surface area (TPSA) is 85.5 Å². The molecular formula is C24H24ClN5O2. The van der Waals surface area contributed by atoms with E-state index in [0.29, 0.717) is 10.7 Å². The Bertz CT molecular complexity index is 1120. The number of carbonyl (C=O) groups excluding carboxylic acids is 2. The summed E-state index contributed by atoms with van der Waals surface area (Å²) in [4.78, 5) is 25.7. The molecule has 1 aliphatic heterocycles. The van der Waals surface area contributed by atoms with Gasteiger partial charge in [-0.3, -0.25) is 4.79 Å². The molecule has 0 saturated carbocycles. The van der Waals surface area contributed by atoms with Crippen LogP contribution >= 0.6 is 11.6 Å². The van der Waals surface area contributed by atoms with E-state index < -0.39 is 12.1 Å². The van der Waals surface area contributed by atoms with Crippen LogP contribution in [0.15, 0.2) is 72.8 Å². The van der Waals surface area contributed by atoms with Crippen LogP contribution in [0.4, 0.5) is 21.9 Å². The number of hydrogen-bond donors (Lipinski definition) is 4. The SMILES string of the molecule is CN(C)Nc1ccc(C2c3ccccc3NC(=O)C2NC(=O)Nc2ccc(Cl)cc2)cc1. The number of halogens is 1. The fourth-order valence-electron chi connectivity index (χ4n) is 3.81. The van der Waals surface area contributed by atoms with Crippen LogP contribution in [0, 0.1) is 0 Å². The van der Waals surface area contributed by atoms with Gasteiger partial charge in [0.25, 0.3) is 0 Å². The van der Waals surface area contributed by atoms with Gasteiger partial charge < -0.3 is 21.4 Å². The van der Waals surface area contributed by atoms with E-state index in [0.717, 1.165) is 22.5 Å². The van der Waals surface area contributed by atoms with Crippen molar-refractivity contribution in [2.75, 3.05) is 30.2 Å². The summed E-state index contributed by atoms with van der Waals surface area (Å²) in [7, 11) is 3.82. The first-order valence-corrected chi connectivity index (χ1v) is 10.6. The lowest BCUT2D eigenvalue weighted by Crippen LogP contribution is -2.51. The molecule has 2 unspecified atom stereocenters. The van der Waals surface area contributed by atoms with Gasteiger partial charge in [-0.1, -0.05) is 41.9 Å². The molecular weight excluding hydrogens is 426 g/mol. The molecule has 1 heterocycles. The van der Waals surface area contributed by atoms with Gasteiger partial charge in [0.15, 0.2) is 0 Å². The zero-order valence-electron chi connectivity index (χ0n) is 17.7. The average Bonchev–Trinajstić information content (AvgIpc) is 2.76. The molecule has 8 heteroatoms. The minimum Gasteiger partial charge on any atom is -0.325 e. The van der Waals surface area contributed by atoms with E-state index in [9.17, 15) is 9.59 Å². The van der Waals surface area contributed by atoms with Crippen LogP contribution in [0.5, 0.6) is 0 Å². The van der Waals surface area contributed by atoms with Crippen molar-refractivity contribution in [3.05, 3.63) is 88.9 Å². The number of nitrogens with one attached hydrogen (secondary N) is 4. The number of rotatable bonds is 5. The Kier molecular flexibility index (Phi) is 6.30. The molecule has 0 bridgehead atoms. The van der Waals surface area contributed by atoms with Crippen LogP contribution in [0.1, 0.15) is 17.0 Å². The van der Waals surface area contributed by atoms with Gasteiger partial charge in [-0.15, -0.1) is 0 Å². The zero-order valence-corrected chi connectivity index (χ0v) is 18.5. The van der Waals surface area contributed by atoms with Gasteiger partial charge in [0.05, 0.1) is 0 Å². The highest BCUT2D eigenvalue weighted by Gasteiger charge is 2.37. The maximum Gasteiger partial charge on any atom is 0.319 e. The van der Waals surface area contributed by atoms with Crippen LogP contribution in [0.25, 0.3) is 0 Å². The highest BCUT2D eigenvalue weighted by Crippen LogP contribution is 2.37. The summed E-state index contributed by atoms with van der Waals surface area (Å²) in [6.45, 7) is 0. The number of carbonyl (C=O) groups is 2. The lowest BCUT2D eigenvalue weighted by atomic mass is 9.81. The number of hydrazine groups is 1. The zero-order chi connectivity index (χ0) is 22.7. The van der Waals surface area contributed by atoms with E-state index in [-0.39, 0.29) is 11.8 Å². The molecule has 0 saturated heterocycles. The van der Waals surface area contributed by atoms with E-state index >= 15 is 0 Å². The van der Waals surface area contributed by atoms with Gasteiger partial charge in [-0.2, -0.15) is 0 Å². The molecule has 3 aromatic rings. The van der Waals surface area contributed by atoms with Crippen molar-refractivity contribution >= 4 is 40.6 Å². The van der Waals surface area contributed by atoms with Crippen LogP contribution in [-0.4, -0.2) is 37.1 Å². The van der Waals surface area contributed by atoms with E-state index in [1.807, 2.05) is 67.6 Å². The van der Waals surface area contributed by atoms with Gasteiger partial charge in [0.2, 0.25) is 5.91 Å². The van der Waals surface area contributed by atoms with Gasteiger partial charge in [0, 0.05) is 42.1 Å². The lowest BCUT2D eigenvalue weighted by molar-refractivity contribution is -0.118. The third-order valence-corrected chi connectivity index (χ3v) is 5.43. The Hall–Kier alpha value is -3.55. The minimum absolute atomic E-state index is 0.268. The first-order chi connectivity index (χ1) is 15.4. The normalized spacial score (nSPS) is 17.3. The molecule has 3 aromatic carbocycles. The first kappa shape index (κ1) is 21.7. The smallest absolute Gasteiger partial charge is 0.319 e. The van der Waals surface area contributed by atoms with Crippen molar-refractivity contribution in [2.45, 2.75) is 12.0 Å². The van der Waals surface area contributed by atoms with Gasteiger partial charge in [-0.25, -0.2) is 9.80 Å². The van der Waals surface area contributed by atoms with E-state index in [4.69, 9.17) is 11.6 Å². The number of urea groups is 1. The largest absolute Gasteiger partial charge is 0.325 e. The second-order valence-electron chi connectivity index (χ2n) is 7.77. The number of fused-ring (bicyclic) bond motifs is 1.